The summed E-state index contributed by atoms with van der Waals surface area (Å²) in [4.78, 5) is 14.4. The number of ether oxygens (including phenoxy) is 3. The number of hydrogen-bond donors (Lipinski definition) is 0. The minimum atomic E-state index is -3.80. The van der Waals surface area contributed by atoms with Crippen LogP contribution in [0.1, 0.15) is 32.5 Å². The van der Waals surface area contributed by atoms with Crippen molar-refractivity contribution in [3.63, 3.8) is 0 Å². The molecule has 0 spiro atoms. The van der Waals surface area contributed by atoms with Crippen LogP contribution >= 0.6 is 11.3 Å². The monoisotopic (exact) mass is 544 g/mol. The van der Waals surface area contributed by atoms with Gasteiger partial charge in [-0.05, 0) is 41.6 Å². The lowest BCUT2D eigenvalue weighted by atomic mass is 10.1. The molecule has 0 bridgehead atoms. The van der Waals surface area contributed by atoms with Gasteiger partial charge in [-0.15, -0.1) is 11.3 Å². The Labute approximate surface area is 222 Å². The van der Waals surface area contributed by atoms with Crippen LogP contribution in [-0.4, -0.2) is 70.5 Å². The molecule has 8 nitrogen and oxygen atoms in total. The van der Waals surface area contributed by atoms with Crippen molar-refractivity contribution in [1.82, 2.24) is 9.21 Å². The highest BCUT2D eigenvalue weighted by Crippen LogP contribution is 2.28. The fourth-order valence-corrected chi connectivity index (χ4v) is 6.98. The summed E-state index contributed by atoms with van der Waals surface area (Å²) in [6.07, 6.45) is -0.220. The second kappa shape index (κ2) is 12.2. The van der Waals surface area contributed by atoms with Crippen LogP contribution in [0.4, 0.5) is 0 Å². The van der Waals surface area contributed by atoms with E-state index in [4.69, 9.17) is 14.2 Å². The summed E-state index contributed by atoms with van der Waals surface area (Å²) in [6.45, 7) is 4.86. The quantitative estimate of drug-likeness (QED) is 0.355. The molecule has 0 radical (unpaired) electrons. The summed E-state index contributed by atoms with van der Waals surface area (Å²) in [5.74, 6) is 0.119. The maximum absolute atomic E-state index is 13.3. The van der Waals surface area contributed by atoms with E-state index in [2.05, 4.69) is 36.1 Å². The topological polar surface area (TPSA) is 85.4 Å². The molecular weight excluding hydrogens is 512 g/mol. The largest absolute Gasteiger partial charge is 0.497 e. The van der Waals surface area contributed by atoms with Crippen LogP contribution in [-0.2, 0) is 26.1 Å². The molecule has 1 fully saturated rings. The van der Waals surface area contributed by atoms with E-state index in [1.54, 1.807) is 12.5 Å². The smallest absolute Gasteiger partial charge is 0.349 e. The van der Waals surface area contributed by atoms with Crippen LogP contribution in [0.25, 0.3) is 0 Å². The lowest BCUT2D eigenvalue weighted by Crippen LogP contribution is -2.49. The van der Waals surface area contributed by atoms with E-state index in [0.717, 1.165) is 28.2 Å². The first kappa shape index (κ1) is 27.3. The predicted molar refractivity (Wildman–Crippen MR) is 143 cm³/mol. The van der Waals surface area contributed by atoms with E-state index in [1.165, 1.54) is 23.0 Å². The molecule has 4 rings (SSSR count). The number of nitrogens with zero attached hydrogens (tertiary/aromatic N) is 2. The van der Waals surface area contributed by atoms with Crippen molar-refractivity contribution in [2.45, 2.75) is 24.5 Å². The first-order valence-electron chi connectivity index (χ1n) is 12.0. The highest BCUT2D eigenvalue weighted by molar-refractivity contribution is 7.89. The molecular formula is C27H32N2O6S2. The van der Waals surface area contributed by atoms with Crippen LogP contribution in [0, 0.1) is 6.92 Å². The number of aryl methyl sites for hydroxylation is 1. The van der Waals surface area contributed by atoms with Crippen LogP contribution < -0.4 is 4.74 Å². The summed E-state index contributed by atoms with van der Waals surface area (Å²) in [7, 11) is -0.913. The Kier molecular flexibility index (Phi) is 8.99. The van der Waals surface area contributed by atoms with E-state index in [-0.39, 0.29) is 15.9 Å². The van der Waals surface area contributed by atoms with Gasteiger partial charge in [-0.2, -0.15) is 4.31 Å². The number of thiophene rings is 1. The molecule has 2 aromatic carbocycles. The van der Waals surface area contributed by atoms with Gasteiger partial charge < -0.3 is 14.2 Å². The first-order valence-corrected chi connectivity index (χ1v) is 14.3. The predicted octanol–water partition coefficient (Wildman–Crippen LogP) is 4.12. The van der Waals surface area contributed by atoms with Crippen LogP contribution in [0.5, 0.6) is 5.75 Å². The Morgan fingerprint density at radius 1 is 1.03 bits per heavy atom. The molecule has 198 valence electrons. The summed E-state index contributed by atoms with van der Waals surface area (Å²) in [6, 6.07) is 17.6. The van der Waals surface area contributed by atoms with Gasteiger partial charge in [-0.3, -0.25) is 4.90 Å². The van der Waals surface area contributed by atoms with E-state index in [9.17, 15) is 13.2 Å². The fraction of sp³-hybridized carbons (Fsp3) is 0.370. The number of hydrogen-bond acceptors (Lipinski definition) is 8. The lowest BCUT2D eigenvalue weighted by Gasteiger charge is -2.35. The molecule has 37 heavy (non-hydrogen) atoms. The third-order valence-corrected chi connectivity index (χ3v) is 9.38. The van der Waals surface area contributed by atoms with Crippen molar-refractivity contribution in [3.05, 3.63) is 81.5 Å². The molecule has 1 aliphatic heterocycles. The molecule has 0 saturated carbocycles. The van der Waals surface area contributed by atoms with Crippen LogP contribution in [0.3, 0.4) is 0 Å². The highest BCUT2D eigenvalue weighted by atomic mass is 32.2. The SMILES string of the molecule is COC(=O)c1sccc1S(=O)(=O)N1CCN(CC(OCc2ccc(C)cc2)c2cccc(OC)c2)CC1. The molecule has 0 amide bonds. The average molecular weight is 545 g/mol. The maximum Gasteiger partial charge on any atom is 0.349 e. The molecule has 0 aliphatic carbocycles. The van der Waals surface area contributed by atoms with Gasteiger partial charge in [0.1, 0.15) is 15.5 Å². The summed E-state index contributed by atoms with van der Waals surface area (Å²) >= 11 is 1.07. The number of methoxy groups -OCH3 is 2. The standard InChI is InChI=1S/C27H32N2O6S2/c1-20-7-9-21(10-8-20)19-35-24(22-5-4-6-23(17-22)33-2)18-28-12-14-29(15-13-28)37(31,32)25-11-16-36-26(25)27(30)34-3/h4-11,16-17,24H,12-15,18-19H2,1-3H3. The maximum atomic E-state index is 13.3. The van der Waals surface area contributed by atoms with Gasteiger partial charge >= 0.3 is 5.97 Å². The van der Waals surface area contributed by atoms with E-state index >= 15 is 0 Å². The molecule has 2 heterocycles. The van der Waals surface area contributed by atoms with Gasteiger partial charge in [-0.25, -0.2) is 13.2 Å². The molecule has 10 heteroatoms. The Balaban J connectivity index is 1.44. The third kappa shape index (κ3) is 6.58. The zero-order valence-corrected chi connectivity index (χ0v) is 22.9. The molecule has 1 saturated heterocycles. The number of carbonyl (C=O) groups is 1. The van der Waals surface area contributed by atoms with Crippen molar-refractivity contribution in [2.24, 2.45) is 0 Å². The number of sulfonamides is 1. The molecule has 1 atom stereocenters. The Hall–Kier alpha value is -2.76. The molecule has 1 aromatic heterocycles. The van der Waals surface area contributed by atoms with Crippen molar-refractivity contribution < 1.29 is 27.4 Å². The second-order valence-corrected chi connectivity index (χ2v) is 11.7. The number of rotatable bonds is 10. The van der Waals surface area contributed by atoms with Crippen molar-refractivity contribution >= 4 is 27.3 Å². The Morgan fingerprint density at radius 2 is 1.76 bits per heavy atom. The van der Waals surface area contributed by atoms with Gasteiger partial charge in [-0.1, -0.05) is 42.0 Å². The van der Waals surface area contributed by atoms with E-state index in [1.807, 2.05) is 24.3 Å². The van der Waals surface area contributed by atoms with E-state index < -0.39 is 16.0 Å². The summed E-state index contributed by atoms with van der Waals surface area (Å²) in [5.41, 5.74) is 3.29. The fourth-order valence-electron chi connectivity index (χ4n) is 4.25. The molecule has 1 unspecified atom stereocenters. The van der Waals surface area contributed by atoms with Gasteiger partial charge in [0, 0.05) is 32.7 Å². The van der Waals surface area contributed by atoms with Gasteiger partial charge in [0.2, 0.25) is 10.0 Å². The normalized spacial score (nSPS) is 15.9. The third-order valence-electron chi connectivity index (χ3n) is 6.41. The van der Waals surface area contributed by atoms with Crippen molar-refractivity contribution in [1.29, 1.82) is 0 Å². The minimum absolute atomic E-state index is 0.00786. The van der Waals surface area contributed by atoms with Crippen molar-refractivity contribution in [2.75, 3.05) is 46.9 Å². The van der Waals surface area contributed by atoms with Crippen LogP contribution in [0.15, 0.2) is 64.9 Å². The van der Waals surface area contributed by atoms with Crippen molar-refractivity contribution in [3.8, 4) is 5.75 Å². The Bertz CT molecular complexity index is 1300. The molecule has 1 aliphatic rings. The first-order chi connectivity index (χ1) is 17.8. The zero-order valence-electron chi connectivity index (χ0n) is 21.3. The minimum Gasteiger partial charge on any atom is -0.497 e. The number of esters is 1. The summed E-state index contributed by atoms with van der Waals surface area (Å²) in [5, 5.41) is 1.60. The van der Waals surface area contributed by atoms with E-state index in [0.29, 0.717) is 39.3 Å². The van der Waals surface area contributed by atoms with Gasteiger partial charge in [0.25, 0.3) is 0 Å². The molecule has 0 N–H and O–H groups in total. The number of benzene rings is 2. The highest BCUT2D eigenvalue weighted by Gasteiger charge is 2.33. The lowest BCUT2D eigenvalue weighted by molar-refractivity contribution is 0.00762. The summed E-state index contributed by atoms with van der Waals surface area (Å²) < 4.78 is 44.5. The zero-order chi connectivity index (χ0) is 26.4. The van der Waals surface area contributed by atoms with Gasteiger partial charge in [0.05, 0.1) is 26.9 Å². The average Bonchev–Trinajstić information content (AvgIpc) is 3.43. The number of carbonyl (C=O) groups excluding carboxylic acids is 1. The van der Waals surface area contributed by atoms with Crippen LogP contribution in [0.2, 0.25) is 0 Å². The van der Waals surface area contributed by atoms with Gasteiger partial charge in [0.15, 0.2) is 0 Å². The number of piperazine rings is 1. The Morgan fingerprint density at radius 3 is 2.43 bits per heavy atom. The second-order valence-electron chi connectivity index (χ2n) is 8.87. The molecule has 3 aromatic rings.